The van der Waals surface area contributed by atoms with Crippen LogP contribution in [0, 0.1) is 0 Å². The van der Waals surface area contributed by atoms with Crippen molar-refractivity contribution in [3.8, 4) is 0 Å². The highest BCUT2D eigenvalue weighted by Gasteiger charge is 2.22. The van der Waals surface area contributed by atoms with Crippen LogP contribution in [0.15, 0.2) is 28.5 Å². The average molecular weight is 239 g/mol. The zero-order valence-corrected chi connectivity index (χ0v) is 8.94. The molecule has 1 unspecified atom stereocenters. The first-order valence-electron chi connectivity index (χ1n) is 4.47. The van der Waals surface area contributed by atoms with Crippen molar-refractivity contribution >= 4 is 21.9 Å². The number of fused-ring (bicyclic) bond motifs is 1. The Morgan fingerprint density at radius 1 is 1.38 bits per heavy atom. The lowest BCUT2D eigenvalue weighted by atomic mass is 10.0. The van der Waals surface area contributed by atoms with E-state index in [1.165, 1.54) is 24.3 Å². The molecule has 1 atom stereocenters. The molecule has 84 valence electrons. The number of carbonyl (C=O) groups is 1. The fourth-order valence-corrected chi connectivity index (χ4v) is 2.71. The number of aliphatic carboxylic acids is 1. The Kier molecular flexibility index (Phi) is 2.32. The van der Waals surface area contributed by atoms with Crippen LogP contribution in [0.3, 0.4) is 0 Å². The highest BCUT2D eigenvalue weighted by atomic mass is 32.2. The molecule has 2 rings (SSSR count). The van der Waals surface area contributed by atoms with Crippen LogP contribution in [0.5, 0.6) is 0 Å². The van der Waals surface area contributed by atoms with Gasteiger partial charge in [-0.05, 0) is 29.3 Å². The van der Waals surface area contributed by atoms with E-state index in [1.54, 1.807) is 0 Å². The minimum Gasteiger partial charge on any atom is -0.480 e. The molecule has 1 aromatic rings. The maximum Gasteiger partial charge on any atom is 0.325 e. The molecule has 5 nitrogen and oxygen atoms in total. The zero-order chi connectivity index (χ0) is 11.9. The SMILES string of the molecule is NC(C(=O)O)c1ccc2c(c1)C=CS2(=O)=O. The monoisotopic (exact) mass is 239 g/mol. The molecule has 0 spiro atoms. The molecule has 3 N–H and O–H groups in total. The Morgan fingerprint density at radius 2 is 2.06 bits per heavy atom. The van der Waals surface area contributed by atoms with Crippen molar-refractivity contribution in [2.75, 3.05) is 0 Å². The van der Waals surface area contributed by atoms with Crippen LogP contribution in [0.25, 0.3) is 6.08 Å². The van der Waals surface area contributed by atoms with Crippen molar-refractivity contribution in [2.45, 2.75) is 10.9 Å². The number of rotatable bonds is 2. The average Bonchev–Trinajstić information content (AvgIpc) is 2.53. The quantitative estimate of drug-likeness (QED) is 0.784. The van der Waals surface area contributed by atoms with Crippen molar-refractivity contribution in [1.29, 1.82) is 0 Å². The summed E-state index contributed by atoms with van der Waals surface area (Å²) in [6.45, 7) is 0. The summed E-state index contributed by atoms with van der Waals surface area (Å²) in [6.07, 6.45) is 1.43. The van der Waals surface area contributed by atoms with Gasteiger partial charge in [-0.25, -0.2) is 8.42 Å². The summed E-state index contributed by atoms with van der Waals surface area (Å²) in [4.78, 5) is 10.9. The summed E-state index contributed by atoms with van der Waals surface area (Å²) in [7, 11) is -3.34. The van der Waals surface area contributed by atoms with E-state index in [9.17, 15) is 13.2 Å². The van der Waals surface area contributed by atoms with E-state index in [0.29, 0.717) is 11.1 Å². The van der Waals surface area contributed by atoms with Crippen LogP contribution in [0.4, 0.5) is 0 Å². The molecule has 0 saturated heterocycles. The number of hydrogen-bond donors (Lipinski definition) is 2. The van der Waals surface area contributed by atoms with Crippen molar-refractivity contribution in [3.63, 3.8) is 0 Å². The van der Waals surface area contributed by atoms with Gasteiger partial charge in [-0.15, -0.1) is 0 Å². The maximum atomic E-state index is 11.4. The van der Waals surface area contributed by atoms with Crippen LogP contribution in [0.1, 0.15) is 17.2 Å². The standard InChI is InChI=1S/C10H9NO4S/c11-9(10(12)13)7-1-2-8-6(5-7)3-4-16(8,14)15/h1-5,9H,11H2,(H,12,13). The molecule has 16 heavy (non-hydrogen) atoms. The fourth-order valence-electron chi connectivity index (χ4n) is 1.53. The lowest BCUT2D eigenvalue weighted by Crippen LogP contribution is -2.20. The van der Waals surface area contributed by atoms with Crippen LogP contribution < -0.4 is 5.73 Å². The lowest BCUT2D eigenvalue weighted by molar-refractivity contribution is -0.138. The van der Waals surface area contributed by atoms with Crippen molar-refractivity contribution in [2.24, 2.45) is 5.73 Å². The van der Waals surface area contributed by atoms with E-state index in [2.05, 4.69) is 0 Å². The van der Waals surface area contributed by atoms with Gasteiger partial charge in [-0.3, -0.25) is 4.79 Å². The molecule has 1 aliphatic rings. The second kappa shape index (κ2) is 3.43. The van der Waals surface area contributed by atoms with Crippen molar-refractivity contribution in [3.05, 3.63) is 34.7 Å². The van der Waals surface area contributed by atoms with E-state index >= 15 is 0 Å². The molecule has 0 amide bonds. The smallest absolute Gasteiger partial charge is 0.325 e. The van der Waals surface area contributed by atoms with Gasteiger partial charge in [0.15, 0.2) is 9.84 Å². The predicted molar refractivity (Wildman–Crippen MR) is 57.2 cm³/mol. The Morgan fingerprint density at radius 3 is 2.69 bits per heavy atom. The van der Waals surface area contributed by atoms with Gasteiger partial charge in [-0.1, -0.05) is 6.07 Å². The van der Waals surface area contributed by atoms with Crippen LogP contribution in [0.2, 0.25) is 0 Å². The molecule has 0 radical (unpaired) electrons. The Balaban J connectivity index is 2.51. The number of carboxylic acids is 1. The van der Waals surface area contributed by atoms with E-state index < -0.39 is 21.8 Å². The van der Waals surface area contributed by atoms with Gasteiger partial charge in [-0.2, -0.15) is 0 Å². The maximum absolute atomic E-state index is 11.4. The summed E-state index contributed by atoms with van der Waals surface area (Å²) >= 11 is 0. The van der Waals surface area contributed by atoms with Crippen LogP contribution in [-0.4, -0.2) is 19.5 Å². The number of nitrogens with two attached hydrogens (primary N) is 1. The van der Waals surface area contributed by atoms with Gasteiger partial charge in [0, 0.05) is 5.41 Å². The molecular weight excluding hydrogens is 230 g/mol. The van der Waals surface area contributed by atoms with Gasteiger partial charge in [0.05, 0.1) is 4.90 Å². The lowest BCUT2D eigenvalue weighted by Gasteiger charge is -2.08. The topological polar surface area (TPSA) is 97.5 Å². The predicted octanol–water partition coefficient (Wildman–Crippen LogP) is 0.529. The third kappa shape index (κ3) is 1.62. The van der Waals surface area contributed by atoms with E-state index in [4.69, 9.17) is 10.8 Å². The molecule has 0 saturated carbocycles. The fraction of sp³-hybridized carbons (Fsp3) is 0.100. The molecule has 0 fully saturated rings. The van der Waals surface area contributed by atoms with E-state index in [0.717, 1.165) is 5.41 Å². The molecule has 1 aromatic carbocycles. The first-order valence-corrected chi connectivity index (χ1v) is 6.02. The molecule has 0 aromatic heterocycles. The first kappa shape index (κ1) is 10.8. The Bertz CT molecular complexity index is 589. The number of sulfone groups is 1. The molecule has 1 heterocycles. The van der Waals surface area contributed by atoms with Gasteiger partial charge in [0.2, 0.25) is 0 Å². The van der Waals surface area contributed by atoms with E-state index in [1.807, 2.05) is 0 Å². The summed E-state index contributed by atoms with van der Waals surface area (Å²) in [5, 5.41) is 9.82. The first-order chi connectivity index (χ1) is 7.42. The highest BCUT2D eigenvalue weighted by molar-refractivity contribution is 7.94. The largest absolute Gasteiger partial charge is 0.480 e. The second-order valence-corrected chi connectivity index (χ2v) is 5.26. The van der Waals surface area contributed by atoms with E-state index in [-0.39, 0.29) is 4.90 Å². The van der Waals surface area contributed by atoms with Gasteiger partial charge in [0.1, 0.15) is 6.04 Å². The highest BCUT2D eigenvalue weighted by Crippen LogP contribution is 2.28. The summed E-state index contributed by atoms with van der Waals surface area (Å²) in [5.41, 5.74) is 6.29. The van der Waals surface area contributed by atoms with Crippen LogP contribution in [-0.2, 0) is 14.6 Å². The summed E-state index contributed by atoms with van der Waals surface area (Å²) in [5.74, 6) is -1.15. The minimum atomic E-state index is -3.34. The molecular formula is C10H9NO4S. The summed E-state index contributed by atoms with van der Waals surface area (Å²) < 4.78 is 22.9. The molecule has 1 aliphatic heterocycles. The normalized spacial score (nSPS) is 18.1. The van der Waals surface area contributed by atoms with Crippen molar-refractivity contribution in [1.82, 2.24) is 0 Å². The zero-order valence-electron chi connectivity index (χ0n) is 8.12. The van der Waals surface area contributed by atoms with Gasteiger partial charge >= 0.3 is 5.97 Å². The minimum absolute atomic E-state index is 0.189. The molecule has 0 bridgehead atoms. The second-order valence-electron chi connectivity index (χ2n) is 3.46. The van der Waals surface area contributed by atoms with Gasteiger partial charge < -0.3 is 10.8 Å². The van der Waals surface area contributed by atoms with Gasteiger partial charge in [0.25, 0.3) is 0 Å². The number of carboxylic acid groups (broad SMARTS) is 1. The third-order valence-corrected chi connectivity index (χ3v) is 3.87. The summed E-state index contributed by atoms with van der Waals surface area (Å²) in [6, 6.07) is 3.14. The number of hydrogen-bond acceptors (Lipinski definition) is 4. The Hall–Kier alpha value is -1.66. The van der Waals surface area contributed by atoms with Crippen LogP contribution >= 0.6 is 0 Å². The third-order valence-electron chi connectivity index (χ3n) is 2.39. The van der Waals surface area contributed by atoms with Crippen molar-refractivity contribution < 1.29 is 18.3 Å². The Labute approximate surface area is 92.1 Å². The number of benzene rings is 1. The molecule has 0 aliphatic carbocycles. The molecule has 6 heteroatoms.